The molecule has 0 spiro atoms. The van der Waals surface area contributed by atoms with Crippen LogP contribution in [0.25, 0.3) is 0 Å². The predicted molar refractivity (Wildman–Crippen MR) is 95.8 cm³/mol. The maximum absolute atomic E-state index is 6.25. The number of methoxy groups -OCH3 is 1. The fraction of sp³-hybridized carbons (Fsp3) is 0.333. The zero-order valence-electron chi connectivity index (χ0n) is 13.4. The van der Waals surface area contributed by atoms with Gasteiger partial charge in [0.1, 0.15) is 11.5 Å². The van der Waals surface area contributed by atoms with Crippen molar-refractivity contribution in [2.24, 2.45) is 0 Å². The molecule has 0 bridgehead atoms. The number of ether oxygens (including phenoxy) is 2. The summed E-state index contributed by atoms with van der Waals surface area (Å²) in [5, 5.41) is 4.55. The van der Waals surface area contributed by atoms with Gasteiger partial charge in [0.25, 0.3) is 0 Å². The minimum Gasteiger partial charge on any atom is -0.497 e. The minimum absolute atomic E-state index is 0.548. The van der Waals surface area contributed by atoms with E-state index in [1.54, 1.807) is 13.2 Å². The third-order valence-corrected chi connectivity index (χ3v) is 3.84. The Hall–Kier alpha value is -1.42. The predicted octanol–water partition coefficient (Wildman–Crippen LogP) is 5.08. The topological polar surface area (TPSA) is 30.5 Å². The van der Waals surface area contributed by atoms with Gasteiger partial charge in [-0.05, 0) is 36.2 Å². The number of rotatable bonds is 8. The summed E-state index contributed by atoms with van der Waals surface area (Å²) in [7, 11) is 1.66. The van der Waals surface area contributed by atoms with Gasteiger partial charge in [0.15, 0.2) is 0 Å². The second-order valence-corrected chi connectivity index (χ2v) is 6.02. The van der Waals surface area contributed by atoms with Gasteiger partial charge in [-0.15, -0.1) is 0 Å². The highest BCUT2D eigenvalue weighted by Crippen LogP contribution is 2.32. The highest BCUT2D eigenvalue weighted by atomic mass is 35.5. The Kier molecular flexibility index (Phi) is 7.03. The molecule has 3 nitrogen and oxygen atoms in total. The summed E-state index contributed by atoms with van der Waals surface area (Å²) in [5.41, 5.74) is 2.14. The summed E-state index contributed by atoms with van der Waals surface area (Å²) in [6, 6.07) is 11.6. The number of nitrogens with one attached hydrogen (secondary N) is 1. The van der Waals surface area contributed by atoms with Gasteiger partial charge in [-0.3, -0.25) is 0 Å². The zero-order valence-corrected chi connectivity index (χ0v) is 14.9. The molecular formula is C18H21Cl2NO2. The smallest absolute Gasteiger partial charge is 0.142 e. The van der Waals surface area contributed by atoms with Crippen LogP contribution in [0, 0.1) is 0 Å². The van der Waals surface area contributed by atoms with Crippen molar-refractivity contribution in [2.75, 3.05) is 13.7 Å². The fourth-order valence-electron chi connectivity index (χ4n) is 2.20. The van der Waals surface area contributed by atoms with Crippen molar-refractivity contribution in [3.63, 3.8) is 0 Å². The van der Waals surface area contributed by atoms with Crippen molar-refractivity contribution in [2.45, 2.75) is 26.4 Å². The molecule has 2 rings (SSSR count). The van der Waals surface area contributed by atoms with E-state index in [2.05, 4.69) is 12.2 Å². The van der Waals surface area contributed by atoms with E-state index in [0.29, 0.717) is 28.9 Å². The standard InChI is InChI=1S/C18H21Cl2NO2/c1-3-8-23-18-14(9-15(19)10-17(18)20)12-21-11-13-4-6-16(22-2)7-5-13/h4-7,9-10,21H,3,8,11-12H2,1-2H3. The van der Waals surface area contributed by atoms with Crippen LogP contribution < -0.4 is 14.8 Å². The maximum atomic E-state index is 6.25. The van der Waals surface area contributed by atoms with E-state index >= 15 is 0 Å². The van der Waals surface area contributed by atoms with Crippen molar-refractivity contribution in [1.29, 1.82) is 0 Å². The van der Waals surface area contributed by atoms with Gasteiger partial charge in [0, 0.05) is 23.7 Å². The van der Waals surface area contributed by atoms with E-state index in [-0.39, 0.29) is 0 Å². The van der Waals surface area contributed by atoms with Gasteiger partial charge in [-0.1, -0.05) is 42.3 Å². The summed E-state index contributed by atoms with van der Waals surface area (Å²) in [5.74, 6) is 1.56. The normalized spacial score (nSPS) is 10.6. The Morgan fingerprint density at radius 1 is 1.04 bits per heavy atom. The highest BCUT2D eigenvalue weighted by Gasteiger charge is 2.10. The van der Waals surface area contributed by atoms with E-state index in [9.17, 15) is 0 Å². The first-order valence-electron chi connectivity index (χ1n) is 7.58. The lowest BCUT2D eigenvalue weighted by Crippen LogP contribution is -2.14. The fourth-order valence-corrected chi connectivity index (χ4v) is 2.79. The van der Waals surface area contributed by atoms with E-state index in [1.807, 2.05) is 30.3 Å². The molecule has 0 saturated heterocycles. The molecule has 5 heteroatoms. The largest absolute Gasteiger partial charge is 0.497 e. The van der Waals surface area contributed by atoms with Gasteiger partial charge in [0.2, 0.25) is 0 Å². The average Bonchev–Trinajstić information content (AvgIpc) is 2.54. The first-order valence-corrected chi connectivity index (χ1v) is 8.34. The number of hydrogen-bond donors (Lipinski definition) is 1. The highest BCUT2D eigenvalue weighted by molar-refractivity contribution is 6.35. The zero-order chi connectivity index (χ0) is 16.7. The van der Waals surface area contributed by atoms with Gasteiger partial charge in [-0.25, -0.2) is 0 Å². The van der Waals surface area contributed by atoms with Crippen LogP contribution >= 0.6 is 23.2 Å². The molecule has 0 saturated carbocycles. The third-order valence-electron chi connectivity index (χ3n) is 3.34. The van der Waals surface area contributed by atoms with E-state index in [1.165, 1.54) is 5.56 Å². The SMILES string of the molecule is CCCOc1c(Cl)cc(Cl)cc1CNCc1ccc(OC)cc1. The van der Waals surface area contributed by atoms with Crippen molar-refractivity contribution < 1.29 is 9.47 Å². The monoisotopic (exact) mass is 353 g/mol. The Bertz CT molecular complexity index is 630. The lowest BCUT2D eigenvalue weighted by molar-refractivity contribution is 0.313. The number of benzene rings is 2. The summed E-state index contributed by atoms with van der Waals surface area (Å²) < 4.78 is 10.9. The van der Waals surface area contributed by atoms with Crippen LogP contribution in [0.15, 0.2) is 36.4 Å². The Balaban J connectivity index is 2.00. The summed E-state index contributed by atoms with van der Waals surface area (Å²) >= 11 is 12.4. The second-order valence-electron chi connectivity index (χ2n) is 5.18. The number of halogens is 2. The first kappa shape index (κ1) is 17.9. The van der Waals surface area contributed by atoms with Crippen LogP contribution in [-0.2, 0) is 13.1 Å². The molecule has 1 N–H and O–H groups in total. The molecule has 2 aromatic carbocycles. The number of hydrogen-bond acceptors (Lipinski definition) is 3. The van der Waals surface area contributed by atoms with Crippen molar-refractivity contribution in [3.05, 3.63) is 57.6 Å². The molecule has 0 aliphatic carbocycles. The molecule has 0 unspecified atom stereocenters. The quantitative estimate of drug-likeness (QED) is 0.717. The molecule has 0 atom stereocenters. The van der Waals surface area contributed by atoms with Crippen LogP contribution in [0.3, 0.4) is 0 Å². The lowest BCUT2D eigenvalue weighted by Gasteiger charge is -2.14. The van der Waals surface area contributed by atoms with Gasteiger partial charge < -0.3 is 14.8 Å². The Morgan fingerprint density at radius 3 is 2.43 bits per heavy atom. The van der Waals surface area contributed by atoms with Crippen LogP contribution in [0.1, 0.15) is 24.5 Å². The lowest BCUT2D eigenvalue weighted by atomic mass is 10.1. The minimum atomic E-state index is 0.548. The molecule has 0 aliphatic rings. The maximum Gasteiger partial charge on any atom is 0.142 e. The van der Waals surface area contributed by atoms with Crippen LogP contribution in [-0.4, -0.2) is 13.7 Å². The van der Waals surface area contributed by atoms with Crippen LogP contribution in [0.2, 0.25) is 10.0 Å². The van der Waals surface area contributed by atoms with Gasteiger partial charge in [0.05, 0.1) is 18.7 Å². The third kappa shape index (κ3) is 5.31. The van der Waals surface area contributed by atoms with Crippen molar-refractivity contribution in [1.82, 2.24) is 5.32 Å². The van der Waals surface area contributed by atoms with Crippen LogP contribution in [0.4, 0.5) is 0 Å². The van der Waals surface area contributed by atoms with Gasteiger partial charge >= 0.3 is 0 Å². The van der Waals surface area contributed by atoms with E-state index < -0.39 is 0 Å². The molecular weight excluding hydrogens is 333 g/mol. The summed E-state index contributed by atoms with van der Waals surface area (Å²) in [6.07, 6.45) is 0.928. The molecule has 0 heterocycles. The van der Waals surface area contributed by atoms with E-state index in [0.717, 1.165) is 24.3 Å². The molecule has 23 heavy (non-hydrogen) atoms. The van der Waals surface area contributed by atoms with Gasteiger partial charge in [-0.2, -0.15) is 0 Å². The first-order chi connectivity index (χ1) is 11.1. The van der Waals surface area contributed by atoms with Crippen molar-refractivity contribution >= 4 is 23.2 Å². The summed E-state index contributed by atoms with van der Waals surface area (Å²) in [4.78, 5) is 0. The Morgan fingerprint density at radius 2 is 1.78 bits per heavy atom. The molecule has 0 radical (unpaired) electrons. The molecule has 0 fully saturated rings. The van der Waals surface area contributed by atoms with Crippen molar-refractivity contribution in [3.8, 4) is 11.5 Å². The molecule has 0 aliphatic heterocycles. The van der Waals surface area contributed by atoms with E-state index in [4.69, 9.17) is 32.7 Å². The average molecular weight is 354 g/mol. The summed E-state index contributed by atoms with van der Waals surface area (Å²) in [6.45, 7) is 4.06. The molecule has 2 aromatic rings. The second kappa shape index (κ2) is 9.02. The molecule has 0 amide bonds. The Labute approximate surface area is 147 Å². The molecule has 0 aromatic heterocycles. The molecule has 124 valence electrons. The van der Waals surface area contributed by atoms with Crippen LogP contribution in [0.5, 0.6) is 11.5 Å².